The first kappa shape index (κ1) is 11.7. The molecule has 0 fully saturated rings. The van der Waals surface area contributed by atoms with E-state index in [1.165, 1.54) is 5.56 Å². The fourth-order valence-corrected chi connectivity index (χ4v) is 1.75. The number of benzene rings is 1. The summed E-state index contributed by atoms with van der Waals surface area (Å²) in [6.07, 6.45) is 1.01. The lowest BCUT2D eigenvalue weighted by Gasteiger charge is -2.23. The van der Waals surface area contributed by atoms with Crippen LogP contribution in [0.5, 0.6) is 0 Å². The molecule has 0 bridgehead atoms. The van der Waals surface area contributed by atoms with Gasteiger partial charge in [0, 0.05) is 10.5 Å². The second-order valence-corrected chi connectivity index (χ2v) is 5.84. The summed E-state index contributed by atoms with van der Waals surface area (Å²) >= 11 is 3.42. The van der Waals surface area contributed by atoms with Gasteiger partial charge in [0.15, 0.2) is 0 Å². The van der Waals surface area contributed by atoms with Gasteiger partial charge < -0.3 is 5.73 Å². The van der Waals surface area contributed by atoms with Crippen molar-refractivity contribution in [3.8, 4) is 0 Å². The summed E-state index contributed by atoms with van der Waals surface area (Å²) in [6.45, 7) is 6.64. The monoisotopic (exact) mass is 255 g/mol. The van der Waals surface area contributed by atoms with Crippen molar-refractivity contribution in [2.75, 3.05) is 0 Å². The van der Waals surface area contributed by atoms with Crippen LogP contribution in [0.1, 0.15) is 38.8 Å². The lowest BCUT2D eigenvalue weighted by molar-refractivity contribution is 0.343. The first-order valence-electron chi connectivity index (χ1n) is 4.89. The van der Waals surface area contributed by atoms with E-state index in [1.807, 2.05) is 12.1 Å². The van der Waals surface area contributed by atoms with Gasteiger partial charge in [-0.2, -0.15) is 0 Å². The Morgan fingerprint density at radius 3 is 2.14 bits per heavy atom. The third-order valence-corrected chi connectivity index (χ3v) is 2.66. The Hall–Kier alpha value is -0.340. The summed E-state index contributed by atoms with van der Waals surface area (Å²) < 4.78 is 1.10. The molecule has 1 rings (SSSR count). The summed E-state index contributed by atoms with van der Waals surface area (Å²) in [5.74, 6) is 0. The second kappa shape index (κ2) is 4.45. The van der Waals surface area contributed by atoms with Gasteiger partial charge in [-0.1, -0.05) is 48.8 Å². The molecule has 0 aliphatic carbocycles. The van der Waals surface area contributed by atoms with Crippen molar-refractivity contribution in [1.29, 1.82) is 0 Å². The minimum atomic E-state index is 0.142. The van der Waals surface area contributed by atoms with Crippen LogP contribution >= 0.6 is 15.9 Å². The first-order valence-corrected chi connectivity index (χ1v) is 5.69. The molecule has 1 aromatic rings. The molecule has 0 radical (unpaired) electrons. The number of halogens is 1. The third-order valence-electron chi connectivity index (χ3n) is 2.13. The maximum Gasteiger partial charge on any atom is 0.0299 e. The molecule has 0 aliphatic heterocycles. The molecule has 78 valence electrons. The van der Waals surface area contributed by atoms with Crippen molar-refractivity contribution in [2.45, 2.75) is 33.2 Å². The van der Waals surface area contributed by atoms with E-state index in [9.17, 15) is 0 Å². The minimum Gasteiger partial charge on any atom is -0.324 e. The molecular weight excluding hydrogens is 238 g/mol. The Kier molecular flexibility index (Phi) is 3.73. The molecule has 2 N–H and O–H groups in total. The quantitative estimate of drug-likeness (QED) is 0.853. The van der Waals surface area contributed by atoms with Gasteiger partial charge >= 0.3 is 0 Å². The molecule has 0 amide bonds. The van der Waals surface area contributed by atoms with E-state index in [0.717, 1.165) is 10.9 Å². The third kappa shape index (κ3) is 3.81. The standard InChI is InChI=1S/C12H18BrN/c1-12(2,3)8-11(14)9-4-6-10(13)7-5-9/h4-7,11H,8,14H2,1-3H3/t11-/m1/s1. The zero-order chi connectivity index (χ0) is 10.8. The highest BCUT2D eigenvalue weighted by Gasteiger charge is 2.16. The van der Waals surface area contributed by atoms with Gasteiger partial charge in [0.2, 0.25) is 0 Å². The van der Waals surface area contributed by atoms with Gasteiger partial charge in [0.25, 0.3) is 0 Å². The molecule has 0 heterocycles. The second-order valence-electron chi connectivity index (χ2n) is 4.92. The smallest absolute Gasteiger partial charge is 0.0299 e. The molecule has 0 unspecified atom stereocenters. The van der Waals surface area contributed by atoms with Crippen LogP contribution in [0.25, 0.3) is 0 Å². The largest absolute Gasteiger partial charge is 0.324 e. The van der Waals surface area contributed by atoms with Gasteiger partial charge in [-0.15, -0.1) is 0 Å². The highest BCUT2D eigenvalue weighted by atomic mass is 79.9. The summed E-state index contributed by atoms with van der Waals surface area (Å²) in [5.41, 5.74) is 7.61. The van der Waals surface area contributed by atoms with E-state index in [4.69, 9.17) is 5.73 Å². The molecule has 1 nitrogen and oxygen atoms in total. The maximum atomic E-state index is 6.12. The fourth-order valence-electron chi connectivity index (χ4n) is 1.49. The molecule has 14 heavy (non-hydrogen) atoms. The van der Waals surface area contributed by atoms with E-state index in [-0.39, 0.29) is 11.5 Å². The molecular formula is C12H18BrN. The van der Waals surface area contributed by atoms with Gasteiger partial charge in [0.05, 0.1) is 0 Å². The summed E-state index contributed by atoms with van der Waals surface area (Å²) in [5, 5.41) is 0. The van der Waals surface area contributed by atoms with Gasteiger partial charge in [-0.05, 0) is 29.5 Å². The van der Waals surface area contributed by atoms with Gasteiger partial charge in [-0.25, -0.2) is 0 Å². The van der Waals surface area contributed by atoms with Gasteiger partial charge in [0.1, 0.15) is 0 Å². The number of nitrogens with two attached hydrogens (primary N) is 1. The highest BCUT2D eigenvalue weighted by Crippen LogP contribution is 2.28. The van der Waals surface area contributed by atoms with Crippen LogP contribution in [-0.2, 0) is 0 Å². The van der Waals surface area contributed by atoms with E-state index in [2.05, 4.69) is 48.8 Å². The number of hydrogen-bond donors (Lipinski definition) is 1. The van der Waals surface area contributed by atoms with E-state index < -0.39 is 0 Å². The molecule has 2 heteroatoms. The van der Waals surface area contributed by atoms with Crippen LogP contribution < -0.4 is 5.73 Å². The summed E-state index contributed by atoms with van der Waals surface area (Å²) in [7, 11) is 0. The average Bonchev–Trinajstić information content (AvgIpc) is 2.02. The number of hydrogen-bond acceptors (Lipinski definition) is 1. The maximum absolute atomic E-state index is 6.12. The van der Waals surface area contributed by atoms with Crippen LogP contribution in [0.2, 0.25) is 0 Å². The van der Waals surface area contributed by atoms with Crippen LogP contribution in [0.4, 0.5) is 0 Å². The Morgan fingerprint density at radius 1 is 1.21 bits per heavy atom. The van der Waals surface area contributed by atoms with Crippen LogP contribution in [0.15, 0.2) is 28.7 Å². The average molecular weight is 256 g/mol. The lowest BCUT2D eigenvalue weighted by Crippen LogP contribution is -2.18. The van der Waals surface area contributed by atoms with Crippen molar-refractivity contribution in [1.82, 2.24) is 0 Å². The van der Waals surface area contributed by atoms with Crippen LogP contribution in [0.3, 0.4) is 0 Å². The summed E-state index contributed by atoms with van der Waals surface area (Å²) in [4.78, 5) is 0. The van der Waals surface area contributed by atoms with Crippen molar-refractivity contribution < 1.29 is 0 Å². The fraction of sp³-hybridized carbons (Fsp3) is 0.500. The minimum absolute atomic E-state index is 0.142. The molecule has 0 spiro atoms. The van der Waals surface area contributed by atoms with E-state index in [0.29, 0.717) is 0 Å². The predicted molar refractivity (Wildman–Crippen MR) is 65.1 cm³/mol. The van der Waals surface area contributed by atoms with Crippen molar-refractivity contribution >= 4 is 15.9 Å². The predicted octanol–water partition coefficient (Wildman–Crippen LogP) is 3.89. The first-order chi connectivity index (χ1) is 6.38. The molecule has 0 saturated carbocycles. The van der Waals surface area contributed by atoms with E-state index in [1.54, 1.807) is 0 Å². The Morgan fingerprint density at radius 2 is 1.71 bits per heavy atom. The number of rotatable bonds is 2. The van der Waals surface area contributed by atoms with Crippen molar-refractivity contribution in [3.05, 3.63) is 34.3 Å². The lowest BCUT2D eigenvalue weighted by atomic mass is 9.86. The summed E-state index contributed by atoms with van der Waals surface area (Å²) in [6, 6.07) is 8.39. The zero-order valence-corrected chi connectivity index (χ0v) is 10.6. The molecule has 0 saturated heterocycles. The molecule has 0 aliphatic rings. The SMILES string of the molecule is CC(C)(C)C[C@@H](N)c1ccc(Br)cc1. The normalized spacial score (nSPS) is 14.1. The van der Waals surface area contributed by atoms with Crippen molar-refractivity contribution in [2.24, 2.45) is 11.1 Å². The highest BCUT2D eigenvalue weighted by molar-refractivity contribution is 9.10. The Labute approximate surface area is 94.8 Å². The topological polar surface area (TPSA) is 26.0 Å². The zero-order valence-electron chi connectivity index (χ0n) is 9.05. The molecule has 0 aromatic heterocycles. The van der Waals surface area contributed by atoms with Crippen LogP contribution in [0, 0.1) is 5.41 Å². The molecule has 1 atom stereocenters. The molecule has 1 aromatic carbocycles. The Balaban J connectivity index is 2.70. The van der Waals surface area contributed by atoms with E-state index >= 15 is 0 Å². The van der Waals surface area contributed by atoms with Gasteiger partial charge in [-0.3, -0.25) is 0 Å². The van der Waals surface area contributed by atoms with Crippen LogP contribution in [-0.4, -0.2) is 0 Å². The Bertz CT molecular complexity index is 284. The van der Waals surface area contributed by atoms with Crippen molar-refractivity contribution in [3.63, 3.8) is 0 Å².